The molecule has 5 nitrogen and oxygen atoms in total. The number of benzene rings is 1. The molecule has 0 radical (unpaired) electrons. The number of hydrogen-bond acceptors (Lipinski definition) is 3. The summed E-state index contributed by atoms with van der Waals surface area (Å²) in [6.07, 6.45) is 7.56. The zero-order chi connectivity index (χ0) is 14.1. The summed E-state index contributed by atoms with van der Waals surface area (Å²) in [7, 11) is 0. The number of non-ortho nitro benzene ring substituents is 1. The molecule has 3 rings (SSSR count). The van der Waals surface area contributed by atoms with Gasteiger partial charge in [0.15, 0.2) is 0 Å². The van der Waals surface area contributed by atoms with E-state index in [-0.39, 0.29) is 11.6 Å². The zero-order valence-corrected chi connectivity index (χ0v) is 11.1. The van der Waals surface area contributed by atoms with Gasteiger partial charge in [0.25, 0.3) is 5.69 Å². The van der Waals surface area contributed by atoms with E-state index in [1.54, 1.807) is 11.0 Å². The maximum Gasteiger partial charge on any atom is 0.271 e. The van der Waals surface area contributed by atoms with Crippen molar-refractivity contribution in [3.8, 4) is 0 Å². The van der Waals surface area contributed by atoms with Gasteiger partial charge in [0, 0.05) is 25.1 Å². The molecule has 1 heterocycles. The Morgan fingerprint density at radius 2 is 2.30 bits per heavy atom. The van der Waals surface area contributed by atoms with Crippen LogP contribution in [0.4, 0.5) is 11.4 Å². The van der Waals surface area contributed by atoms with E-state index in [2.05, 4.69) is 12.2 Å². The molecule has 104 valence electrons. The second-order valence-electron chi connectivity index (χ2n) is 5.34. The first kappa shape index (κ1) is 12.8. The molecular weight excluding hydrogens is 256 g/mol. The van der Waals surface area contributed by atoms with Crippen molar-refractivity contribution >= 4 is 17.3 Å². The fourth-order valence-corrected chi connectivity index (χ4v) is 2.94. The molecule has 1 unspecified atom stereocenters. The SMILES string of the molecule is O=C(CC1C=CCC1)N1CCc2ccc([N+](=O)[O-])cc21. The fourth-order valence-electron chi connectivity index (χ4n) is 2.94. The standard InChI is InChI=1S/C15H16N2O3/c18-15(9-11-3-1-2-4-11)16-8-7-12-5-6-13(17(19)20)10-14(12)16/h1,3,5-6,10-11H,2,4,7-9H2. The monoisotopic (exact) mass is 272 g/mol. The number of hydrogen-bond donors (Lipinski definition) is 0. The third-order valence-electron chi connectivity index (χ3n) is 4.03. The van der Waals surface area contributed by atoms with Crippen molar-refractivity contribution in [3.63, 3.8) is 0 Å². The van der Waals surface area contributed by atoms with E-state index in [4.69, 9.17) is 0 Å². The molecule has 1 aliphatic heterocycles. The van der Waals surface area contributed by atoms with Crippen LogP contribution in [0.2, 0.25) is 0 Å². The largest absolute Gasteiger partial charge is 0.312 e. The van der Waals surface area contributed by atoms with Gasteiger partial charge in [-0.15, -0.1) is 0 Å². The van der Waals surface area contributed by atoms with E-state index in [9.17, 15) is 14.9 Å². The first-order chi connectivity index (χ1) is 9.65. The molecule has 1 amide bonds. The molecule has 0 spiro atoms. The molecule has 0 bridgehead atoms. The van der Waals surface area contributed by atoms with Crippen LogP contribution in [-0.4, -0.2) is 17.4 Å². The number of anilines is 1. The summed E-state index contributed by atoms with van der Waals surface area (Å²) < 4.78 is 0. The lowest BCUT2D eigenvalue weighted by atomic mass is 10.0. The van der Waals surface area contributed by atoms with Gasteiger partial charge in [-0.2, -0.15) is 0 Å². The van der Waals surface area contributed by atoms with Crippen LogP contribution >= 0.6 is 0 Å². The van der Waals surface area contributed by atoms with E-state index in [1.807, 2.05) is 0 Å². The van der Waals surface area contributed by atoms with Crippen molar-refractivity contribution in [1.29, 1.82) is 0 Å². The third kappa shape index (κ3) is 2.31. The molecule has 2 aliphatic rings. The van der Waals surface area contributed by atoms with Gasteiger partial charge in [0.05, 0.1) is 10.6 Å². The van der Waals surface area contributed by atoms with Crippen LogP contribution in [0.15, 0.2) is 30.4 Å². The van der Waals surface area contributed by atoms with Gasteiger partial charge in [-0.3, -0.25) is 14.9 Å². The zero-order valence-electron chi connectivity index (χ0n) is 11.1. The van der Waals surface area contributed by atoms with Crippen molar-refractivity contribution < 1.29 is 9.72 Å². The van der Waals surface area contributed by atoms with Crippen molar-refractivity contribution in [2.24, 2.45) is 5.92 Å². The van der Waals surface area contributed by atoms with Gasteiger partial charge >= 0.3 is 0 Å². The van der Waals surface area contributed by atoms with Gasteiger partial charge < -0.3 is 4.90 Å². The molecule has 0 fully saturated rings. The van der Waals surface area contributed by atoms with Gasteiger partial charge in [0.2, 0.25) is 5.91 Å². The van der Waals surface area contributed by atoms with Crippen molar-refractivity contribution in [3.05, 3.63) is 46.0 Å². The van der Waals surface area contributed by atoms with E-state index in [0.717, 1.165) is 24.8 Å². The highest BCUT2D eigenvalue weighted by atomic mass is 16.6. The quantitative estimate of drug-likeness (QED) is 0.483. The minimum Gasteiger partial charge on any atom is -0.312 e. The minimum absolute atomic E-state index is 0.0456. The normalized spacial score (nSPS) is 20.2. The average molecular weight is 272 g/mol. The Balaban J connectivity index is 1.80. The van der Waals surface area contributed by atoms with Crippen LogP contribution in [0, 0.1) is 16.0 Å². The van der Waals surface area contributed by atoms with Crippen LogP contribution in [-0.2, 0) is 11.2 Å². The number of fused-ring (bicyclic) bond motifs is 1. The summed E-state index contributed by atoms with van der Waals surface area (Å²) in [5.41, 5.74) is 1.78. The number of nitrogens with zero attached hydrogens (tertiary/aromatic N) is 2. The Kier molecular flexibility index (Phi) is 3.26. The van der Waals surface area contributed by atoms with E-state index in [0.29, 0.717) is 24.6 Å². The topological polar surface area (TPSA) is 63.5 Å². The number of rotatable bonds is 3. The Morgan fingerprint density at radius 3 is 3.00 bits per heavy atom. The first-order valence-electron chi connectivity index (χ1n) is 6.89. The van der Waals surface area contributed by atoms with Gasteiger partial charge in [0.1, 0.15) is 0 Å². The van der Waals surface area contributed by atoms with Crippen molar-refractivity contribution in [2.45, 2.75) is 25.7 Å². The molecule has 0 aromatic heterocycles. The lowest BCUT2D eigenvalue weighted by molar-refractivity contribution is -0.384. The Hall–Kier alpha value is -2.17. The number of amides is 1. The van der Waals surface area contributed by atoms with E-state index in [1.165, 1.54) is 12.1 Å². The summed E-state index contributed by atoms with van der Waals surface area (Å²) in [5, 5.41) is 10.8. The van der Waals surface area contributed by atoms with Crippen molar-refractivity contribution in [2.75, 3.05) is 11.4 Å². The predicted octanol–water partition coefficient (Wildman–Crippen LogP) is 2.84. The smallest absolute Gasteiger partial charge is 0.271 e. The Bertz CT molecular complexity index is 595. The number of nitro groups is 1. The molecule has 1 aromatic rings. The summed E-state index contributed by atoms with van der Waals surface area (Å²) in [5.74, 6) is 0.394. The second kappa shape index (κ2) is 5.07. The number of carbonyl (C=O) groups excluding carboxylic acids is 1. The first-order valence-corrected chi connectivity index (χ1v) is 6.89. The Labute approximate surface area is 117 Å². The average Bonchev–Trinajstić information content (AvgIpc) is 3.06. The summed E-state index contributed by atoms with van der Waals surface area (Å²) >= 11 is 0. The maximum absolute atomic E-state index is 12.4. The molecule has 1 atom stereocenters. The maximum atomic E-state index is 12.4. The summed E-state index contributed by atoms with van der Waals surface area (Å²) in [6.45, 7) is 0.631. The predicted molar refractivity (Wildman–Crippen MR) is 75.6 cm³/mol. The highest BCUT2D eigenvalue weighted by Crippen LogP contribution is 2.33. The highest BCUT2D eigenvalue weighted by molar-refractivity contribution is 5.96. The number of nitro benzene ring substituents is 1. The third-order valence-corrected chi connectivity index (χ3v) is 4.03. The summed E-state index contributed by atoms with van der Waals surface area (Å²) in [6, 6.07) is 4.79. The molecule has 0 saturated carbocycles. The van der Waals surface area contributed by atoms with Crippen LogP contribution in [0.3, 0.4) is 0 Å². The lowest BCUT2D eigenvalue weighted by Gasteiger charge is -2.19. The number of allylic oxidation sites excluding steroid dienone is 2. The van der Waals surface area contributed by atoms with Gasteiger partial charge in [-0.05, 0) is 30.7 Å². The van der Waals surface area contributed by atoms with Crippen molar-refractivity contribution in [1.82, 2.24) is 0 Å². The molecule has 0 N–H and O–H groups in total. The molecule has 0 saturated heterocycles. The molecule has 20 heavy (non-hydrogen) atoms. The van der Waals surface area contributed by atoms with Crippen LogP contribution < -0.4 is 4.90 Å². The molecular formula is C15H16N2O3. The van der Waals surface area contributed by atoms with Crippen LogP contribution in [0.1, 0.15) is 24.8 Å². The van der Waals surface area contributed by atoms with Crippen LogP contribution in [0.5, 0.6) is 0 Å². The number of carbonyl (C=O) groups is 1. The van der Waals surface area contributed by atoms with E-state index < -0.39 is 4.92 Å². The summed E-state index contributed by atoms with van der Waals surface area (Å²) in [4.78, 5) is 24.5. The molecule has 1 aromatic carbocycles. The second-order valence-corrected chi connectivity index (χ2v) is 5.34. The minimum atomic E-state index is -0.416. The highest BCUT2D eigenvalue weighted by Gasteiger charge is 2.28. The van der Waals surface area contributed by atoms with Gasteiger partial charge in [-0.1, -0.05) is 18.2 Å². The molecule has 5 heteroatoms. The van der Waals surface area contributed by atoms with Crippen LogP contribution in [0.25, 0.3) is 0 Å². The lowest BCUT2D eigenvalue weighted by Crippen LogP contribution is -2.30. The Morgan fingerprint density at radius 1 is 1.45 bits per heavy atom. The molecule has 1 aliphatic carbocycles. The van der Waals surface area contributed by atoms with E-state index >= 15 is 0 Å². The fraction of sp³-hybridized carbons (Fsp3) is 0.400. The van der Waals surface area contributed by atoms with Gasteiger partial charge in [-0.25, -0.2) is 0 Å².